The summed E-state index contributed by atoms with van der Waals surface area (Å²) in [4.78, 5) is 11.1. The molecule has 0 heterocycles. The number of hydrogen-bond donors (Lipinski definition) is 3. The highest BCUT2D eigenvalue weighted by atomic mass is 16.5. The average Bonchev–Trinajstić information content (AvgIpc) is 2.16. The zero-order valence-corrected chi connectivity index (χ0v) is 10.1. The van der Waals surface area contributed by atoms with Crippen molar-refractivity contribution in [1.29, 1.82) is 0 Å². The third kappa shape index (κ3) is 6.30. The monoisotopic (exact) mass is 217 g/mol. The number of nitrogens with one attached hydrogen (secondary N) is 3. The van der Waals surface area contributed by atoms with Gasteiger partial charge in [0.25, 0.3) is 0 Å². The molecule has 5 nitrogen and oxygen atoms in total. The molecule has 90 valence electrons. The van der Waals surface area contributed by atoms with Crippen LogP contribution in [0.25, 0.3) is 0 Å². The second-order valence-corrected chi connectivity index (χ2v) is 3.98. The third-order valence-corrected chi connectivity index (χ3v) is 2.08. The van der Waals surface area contributed by atoms with Crippen molar-refractivity contribution in [2.75, 3.05) is 40.3 Å². The van der Waals surface area contributed by atoms with Crippen LogP contribution in [-0.4, -0.2) is 46.4 Å². The first-order valence-corrected chi connectivity index (χ1v) is 5.28. The van der Waals surface area contributed by atoms with Crippen molar-refractivity contribution in [3.8, 4) is 0 Å². The summed E-state index contributed by atoms with van der Waals surface area (Å²) in [5.74, 6) is 0. The Morgan fingerprint density at radius 1 is 1.27 bits per heavy atom. The van der Waals surface area contributed by atoms with Crippen LogP contribution < -0.4 is 16.0 Å². The molecule has 0 unspecified atom stereocenters. The van der Waals surface area contributed by atoms with E-state index in [-0.39, 0.29) is 11.5 Å². The molecule has 3 N–H and O–H groups in total. The van der Waals surface area contributed by atoms with Crippen molar-refractivity contribution in [1.82, 2.24) is 16.0 Å². The van der Waals surface area contributed by atoms with Gasteiger partial charge in [0.1, 0.15) is 6.61 Å². The van der Waals surface area contributed by atoms with E-state index in [1.165, 1.54) is 0 Å². The largest absolute Gasteiger partial charge is 0.449 e. The minimum absolute atomic E-state index is 0.0748. The molecule has 15 heavy (non-hydrogen) atoms. The fourth-order valence-electron chi connectivity index (χ4n) is 1.45. The van der Waals surface area contributed by atoms with E-state index in [2.05, 4.69) is 22.9 Å². The minimum atomic E-state index is -0.351. The summed E-state index contributed by atoms with van der Waals surface area (Å²) in [5.41, 5.74) is -0.0748. The predicted molar refractivity (Wildman–Crippen MR) is 61.0 cm³/mol. The summed E-state index contributed by atoms with van der Waals surface area (Å²) >= 11 is 0. The summed E-state index contributed by atoms with van der Waals surface area (Å²) in [6, 6.07) is 0. The lowest BCUT2D eigenvalue weighted by Gasteiger charge is -2.28. The van der Waals surface area contributed by atoms with E-state index < -0.39 is 0 Å². The zero-order chi connectivity index (χ0) is 11.7. The first kappa shape index (κ1) is 14.2. The maximum absolute atomic E-state index is 11.1. The molecule has 0 aromatic rings. The molecular formula is C10H23N3O2. The Kier molecular flexibility index (Phi) is 7.07. The fourth-order valence-corrected chi connectivity index (χ4v) is 1.45. The number of hydrogen-bond acceptors (Lipinski definition) is 4. The number of amides is 1. The highest BCUT2D eigenvalue weighted by Gasteiger charge is 2.24. The van der Waals surface area contributed by atoms with E-state index in [0.29, 0.717) is 13.2 Å². The topological polar surface area (TPSA) is 62.4 Å². The van der Waals surface area contributed by atoms with E-state index in [9.17, 15) is 4.79 Å². The second kappa shape index (κ2) is 7.48. The SMILES string of the molecule is CCNC(=O)OCC(C)(CNC)CNC. The molecule has 0 fully saturated rings. The lowest BCUT2D eigenvalue weighted by Crippen LogP contribution is -2.43. The molecule has 0 saturated heterocycles. The van der Waals surface area contributed by atoms with Gasteiger partial charge in [0.15, 0.2) is 0 Å². The number of carbonyl (C=O) groups excluding carboxylic acids is 1. The summed E-state index contributed by atoms with van der Waals surface area (Å²) < 4.78 is 5.12. The van der Waals surface area contributed by atoms with Crippen molar-refractivity contribution in [2.24, 2.45) is 5.41 Å². The van der Waals surface area contributed by atoms with Gasteiger partial charge in [0.05, 0.1) is 0 Å². The lowest BCUT2D eigenvalue weighted by molar-refractivity contribution is 0.0913. The smallest absolute Gasteiger partial charge is 0.407 e. The van der Waals surface area contributed by atoms with Crippen molar-refractivity contribution in [3.63, 3.8) is 0 Å². The van der Waals surface area contributed by atoms with Gasteiger partial charge in [0.2, 0.25) is 0 Å². The summed E-state index contributed by atoms with van der Waals surface area (Å²) in [6.45, 7) is 6.52. The molecular weight excluding hydrogens is 194 g/mol. The Hall–Kier alpha value is -0.810. The summed E-state index contributed by atoms with van der Waals surface area (Å²) in [5, 5.41) is 8.79. The Balaban J connectivity index is 3.99. The fraction of sp³-hybridized carbons (Fsp3) is 0.900. The molecule has 1 amide bonds. The van der Waals surface area contributed by atoms with E-state index in [4.69, 9.17) is 4.74 Å². The molecule has 0 saturated carbocycles. The Bertz CT molecular complexity index is 180. The van der Waals surface area contributed by atoms with Crippen LogP contribution in [-0.2, 0) is 4.74 Å². The van der Waals surface area contributed by atoms with Gasteiger partial charge in [-0.05, 0) is 21.0 Å². The number of alkyl carbamates (subject to hydrolysis) is 1. The van der Waals surface area contributed by atoms with Crippen molar-refractivity contribution < 1.29 is 9.53 Å². The van der Waals surface area contributed by atoms with Gasteiger partial charge >= 0.3 is 6.09 Å². The van der Waals surface area contributed by atoms with Crippen molar-refractivity contribution in [3.05, 3.63) is 0 Å². The molecule has 0 aliphatic heterocycles. The van der Waals surface area contributed by atoms with Crippen LogP contribution in [0.4, 0.5) is 4.79 Å². The summed E-state index contributed by atoms with van der Waals surface area (Å²) in [7, 11) is 3.78. The first-order chi connectivity index (χ1) is 7.08. The Labute approximate surface area is 91.9 Å². The molecule has 0 spiro atoms. The third-order valence-electron chi connectivity index (χ3n) is 2.08. The summed E-state index contributed by atoms with van der Waals surface area (Å²) in [6.07, 6.45) is -0.351. The zero-order valence-electron chi connectivity index (χ0n) is 10.1. The maximum Gasteiger partial charge on any atom is 0.407 e. The van der Waals surface area contributed by atoms with Crippen LogP contribution in [0.15, 0.2) is 0 Å². The molecule has 5 heteroatoms. The lowest BCUT2D eigenvalue weighted by atomic mass is 9.92. The quantitative estimate of drug-likeness (QED) is 0.569. The number of carbonyl (C=O) groups is 1. The van der Waals surface area contributed by atoms with E-state index in [0.717, 1.165) is 13.1 Å². The molecule has 0 aliphatic carbocycles. The normalized spacial score (nSPS) is 11.2. The van der Waals surface area contributed by atoms with Crippen molar-refractivity contribution in [2.45, 2.75) is 13.8 Å². The van der Waals surface area contributed by atoms with Gasteiger partial charge in [-0.25, -0.2) is 4.79 Å². The highest BCUT2D eigenvalue weighted by molar-refractivity contribution is 5.66. The molecule has 0 aliphatic rings. The second-order valence-electron chi connectivity index (χ2n) is 3.98. The Morgan fingerprint density at radius 3 is 2.20 bits per heavy atom. The first-order valence-electron chi connectivity index (χ1n) is 5.28. The van der Waals surface area contributed by atoms with E-state index in [1.54, 1.807) is 0 Å². The standard InChI is InChI=1S/C10H23N3O2/c1-5-13-9(14)15-8-10(2,6-11-3)7-12-4/h11-12H,5-8H2,1-4H3,(H,13,14). The van der Waals surface area contributed by atoms with Crippen LogP contribution in [0.2, 0.25) is 0 Å². The molecule has 0 bridgehead atoms. The maximum atomic E-state index is 11.1. The number of rotatable bonds is 7. The van der Waals surface area contributed by atoms with Gasteiger partial charge in [0, 0.05) is 25.0 Å². The van der Waals surface area contributed by atoms with Gasteiger partial charge in [-0.15, -0.1) is 0 Å². The molecule has 0 radical (unpaired) electrons. The highest BCUT2D eigenvalue weighted by Crippen LogP contribution is 2.14. The van der Waals surface area contributed by atoms with Crippen LogP contribution in [0, 0.1) is 5.41 Å². The molecule has 0 aromatic carbocycles. The average molecular weight is 217 g/mol. The van der Waals surface area contributed by atoms with Crippen LogP contribution >= 0.6 is 0 Å². The Morgan fingerprint density at radius 2 is 1.80 bits per heavy atom. The molecule has 0 aromatic heterocycles. The van der Waals surface area contributed by atoms with Gasteiger partial charge < -0.3 is 20.7 Å². The van der Waals surface area contributed by atoms with E-state index in [1.807, 2.05) is 21.0 Å². The van der Waals surface area contributed by atoms with Crippen molar-refractivity contribution >= 4 is 6.09 Å². The van der Waals surface area contributed by atoms with Crippen LogP contribution in [0.3, 0.4) is 0 Å². The van der Waals surface area contributed by atoms with Crippen LogP contribution in [0.1, 0.15) is 13.8 Å². The van der Waals surface area contributed by atoms with Gasteiger partial charge in [-0.3, -0.25) is 0 Å². The molecule has 0 atom stereocenters. The van der Waals surface area contributed by atoms with Gasteiger partial charge in [-0.1, -0.05) is 6.92 Å². The predicted octanol–water partition coefficient (Wildman–Crippen LogP) is 0.178. The molecule has 0 rings (SSSR count). The number of ether oxygens (including phenoxy) is 1. The minimum Gasteiger partial charge on any atom is -0.449 e. The van der Waals surface area contributed by atoms with Crippen LogP contribution in [0.5, 0.6) is 0 Å². The van der Waals surface area contributed by atoms with Gasteiger partial charge in [-0.2, -0.15) is 0 Å². The van der Waals surface area contributed by atoms with E-state index >= 15 is 0 Å².